The molecule has 0 spiro atoms. The Hall–Kier alpha value is -5.04. The molecule has 12 nitrogen and oxygen atoms in total. The summed E-state index contributed by atoms with van der Waals surface area (Å²) in [5, 5.41) is 13.4. The maximum atomic E-state index is 13.6. The van der Waals surface area contributed by atoms with Crippen LogP contribution in [0.25, 0.3) is 28.2 Å². The number of pyridine rings is 1. The van der Waals surface area contributed by atoms with Crippen molar-refractivity contribution in [1.29, 1.82) is 0 Å². The first-order valence-electron chi connectivity index (χ1n) is 14.7. The molecule has 0 bridgehead atoms. The molecular weight excluding hydrogens is 608 g/mol. The largest absolute Gasteiger partial charge is 0.391 e. The molecule has 0 saturated carbocycles. The summed E-state index contributed by atoms with van der Waals surface area (Å²) >= 11 is 6.18. The quantitative estimate of drug-likeness (QED) is 0.215. The third-order valence-corrected chi connectivity index (χ3v) is 8.11. The monoisotopic (exact) mass is 640 g/mol. The van der Waals surface area contributed by atoms with Crippen LogP contribution in [0.2, 0.25) is 5.02 Å². The topological polar surface area (TPSA) is 153 Å². The first kappa shape index (κ1) is 31.0. The Labute approximate surface area is 270 Å². The fraction of sp³-hybridized carbons (Fsp3) is 0.242. The average molecular weight is 641 g/mol. The van der Waals surface area contributed by atoms with Crippen LogP contribution in [0.15, 0.2) is 77.9 Å². The van der Waals surface area contributed by atoms with E-state index in [2.05, 4.69) is 20.2 Å². The van der Waals surface area contributed by atoms with Crippen molar-refractivity contribution in [3.8, 4) is 28.2 Å². The van der Waals surface area contributed by atoms with Gasteiger partial charge in [0.05, 0.1) is 42.0 Å². The standard InChI is InChI=1S/C33H33ClN8O4/c1-19(43)16-41-20(2)29(33(45)42(41)25-6-4-5-23(34)14-25)32(44)38-24-9-7-21(8-10-24)30-31(35)37-15-27(39-30)22-11-12-36-28(13-22)40-17-26(18-40)46-3/h4-15,19,26,43H,16-18H2,1-3H3,(H2,35,37)(H,38,44). The molecule has 5 aromatic rings. The third kappa shape index (κ3) is 6.10. The van der Waals surface area contributed by atoms with Crippen LogP contribution in [-0.2, 0) is 11.3 Å². The minimum Gasteiger partial charge on any atom is -0.391 e. The number of methoxy groups -OCH3 is 1. The second-order valence-corrected chi connectivity index (χ2v) is 11.6. The highest BCUT2D eigenvalue weighted by Gasteiger charge is 2.28. The number of ether oxygens (including phenoxy) is 1. The van der Waals surface area contributed by atoms with Crippen LogP contribution in [0.1, 0.15) is 23.0 Å². The molecule has 1 amide bonds. The van der Waals surface area contributed by atoms with Crippen molar-refractivity contribution in [3.63, 3.8) is 0 Å². The lowest BCUT2D eigenvalue weighted by molar-refractivity contribution is 0.0783. The van der Waals surface area contributed by atoms with Crippen LogP contribution in [-0.4, -0.2) is 67.7 Å². The van der Waals surface area contributed by atoms with E-state index in [1.165, 1.54) is 4.68 Å². The molecule has 13 heteroatoms. The number of aromatic nitrogens is 5. The van der Waals surface area contributed by atoms with E-state index < -0.39 is 17.6 Å². The fourth-order valence-electron chi connectivity index (χ4n) is 5.42. The summed E-state index contributed by atoms with van der Waals surface area (Å²) in [4.78, 5) is 42.8. The van der Waals surface area contributed by atoms with Gasteiger partial charge >= 0.3 is 0 Å². The number of rotatable bonds is 9. The molecule has 1 unspecified atom stereocenters. The molecule has 6 rings (SSSR count). The van der Waals surface area contributed by atoms with E-state index >= 15 is 0 Å². The van der Waals surface area contributed by atoms with E-state index in [4.69, 9.17) is 27.1 Å². The molecule has 236 valence electrons. The number of nitrogen functional groups attached to an aromatic ring is 1. The van der Waals surface area contributed by atoms with Gasteiger partial charge in [-0.25, -0.2) is 19.6 Å². The zero-order valence-electron chi connectivity index (χ0n) is 25.5. The van der Waals surface area contributed by atoms with Crippen molar-refractivity contribution < 1.29 is 14.6 Å². The molecular formula is C33H33ClN8O4. The van der Waals surface area contributed by atoms with Crippen LogP contribution < -0.4 is 21.5 Å². The molecule has 0 radical (unpaired) electrons. The van der Waals surface area contributed by atoms with E-state index in [0.717, 1.165) is 24.5 Å². The highest BCUT2D eigenvalue weighted by atomic mass is 35.5. The number of aliphatic hydroxyl groups is 1. The number of carbonyl (C=O) groups excluding carboxylic acids is 1. The number of nitrogens with one attached hydrogen (secondary N) is 1. The number of aliphatic hydroxyl groups excluding tert-OH is 1. The predicted octanol–water partition coefficient (Wildman–Crippen LogP) is 4.17. The van der Waals surface area contributed by atoms with Gasteiger partial charge in [-0.1, -0.05) is 29.8 Å². The van der Waals surface area contributed by atoms with E-state index in [9.17, 15) is 14.7 Å². The van der Waals surface area contributed by atoms with Crippen molar-refractivity contribution in [2.24, 2.45) is 0 Å². The lowest BCUT2D eigenvalue weighted by atomic mass is 10.1. The van der Waals surface area contributed by atoms with E-state index in [1.807, 2.05) is 12.1 Å². The Bertz CT molecular complexity index is 1970. The van der Waals surface area contributed by atoms with Gasteiger partial charge < -0.3 is 25.8 Å². The Morgan fingerprint density at radius 1 is 1.13 bits per heavy atom. The summed E-state index contributed by atoms with van der Waals surface area (Å²) in [6.07, 6.45) is 2.81. The van der Waals surface area contributed by atoms with Crippen LogP contribution >= 0.6 is 11.6 Å². The molecule has 1 aliphatic rings. The van der Waals surface area contributed by atoms with Gasteiger partial charge in [-0.2, -0.15) is 0 Å². The molecule has 4 heterocycles. The maximum Gasteiger partial charge on any atom is 0.284 e. The number of nitrogens with zero attached hydrogens (tertiary/aromatic N) is 6. The summed E-state index contributed by atoms with van der Waals surface area (Å²) in [6, 6.07) is 17.6. The Balaban J connectivity index is 1.24. The molecule has 0 aliphatic carbocycles. The molecule has 4 N–H and O–H groups in total. The van der Waals surface area contributed by atoms with Crippen LogP contribution in [0.4, 0.5) is 17.3 Å². The molecule has 1 saturated heterocycles. The van der Waals surface area contributed by atoms with Gasteiger partial charge in [0.15, 0.2) is 0 Å². The number of benzene rings is 2. The second kappa shape index (κ2) is 12.8. The average Bonchev–Trinajstić information content (AvgIpc) is 3.25. The van der Waals surface area contributed by atoms with E-state index in [1.54, 1.807) is 86.6 Å². The predicted molar refractivity (Wildman–Crippen MR) is 178 cm³/mol. The van der Waals surface area contributed by atoms with Crippen LogP contribution in [0.5, 0.6) is 0 Å². The van der Waals surface area contributed by atoms with Gasteiger partial charge in [0, 0.05) is 48.2 Å². The zero-order chi connectivity index (χ0) is 32.5. The summed E-state index contributed by atoms with van der Waals surface area (Å²) in [6.45, 7) is 4.94. The van der Waals surface area contributed by atoms with Gasteiger partial charge in [-0.15, -0.1) is 0 Å². The smallest absolute Gasteiger partial charge is 0.284 e. The molecule has 3 aromatic heterocycles. The van der Waals surface area contributed by atoms with Crippen molar-refractivity contribution in [2.75, 3.05) is 36.1 Å². The minimum atomic E-state index is -0.766. The van der Waals surface area contributed by atoms with Gasteiger partial charge in [0.25, 0.3) is 11.5 Å². The van der Waals surface area contributed by atoms with E-state index in [0.29, 0.717) is 39.0 Å². The Morgan fingerprint density at radius 3 is 2.59 bits per heavy atom. The number of hydrogen-bond donors (Lipinski definition) is 3. The van der Waals surface area contributed by atoms with Gasteiger partial charge in [0.2, 0.25) is 0 Å². The minimum absolute atomic E-state index is 0.0415. The number of hydrogen-bond acceptors (Lipinski definition) is 9. The summed E-state index contributed by atoms with van der Waals surface area (Å²) < 4.78 is 8.31. The van der Waals surface area contributed by atoms with Crippen molar-refractivity contribution in [2.45, 2.75) is 32.6 Å². The van der Waals surface area contributed by atoms with Gasteiger partial charge in [0.1, 0.15) is 22.9 Å². The number of anilines is 3. The zero-order valence-corrected chi connectivity index (χ0v) is 26.3. The van der Waals surface area contributed by atoms with Crippen molar-refractivity contribution >= 4 is 34.8 Å². The maximum absolute atomic E-state index is 13.6. The number of halogens is 1. The lowest BCUT2D eigenvalue weighted by Crippen LogP contribution is -2.52. The van der Waals surface area contributed by atoms with Crippen molar-refractivity contribution in [1.82, 2.24) is 24.3 Å². The third-order valence-electron chi connectivity index (χ3n) is 7.88. The first-order valence-corrected chi connectivity index (χ1v) is 15.1. The Morgan fingerprint density at radius 2 is 1.89 bits per heavy atom. The highest BCUT2D eigenvalue weighted by molar-refractivity contribution is 6.30. The normalized spacial score (nSPS) is 13.8. The molecule has 1 atom stereocenters. The van der Waals surface area contributed by atoms with Gasteiger partial charge in [-0.05, 0) is 56.3 Å². The van der Waals surface area contributed by atoms with E-state index in [-0.39, 0.29) is 24.0 Å². The highest BCUT2D eigenvalue weighted by Crippen LogP contribution is 2.29. The van der Waals surface area contributed by atoms with Crippen LogP contribution in [0, 0.1) is 6.92 Å². The first-order chi connectivity index (χ1) is 22.1. The molecule has 1 fully saturated rings. The van der Waals surface area contributed by atoms with Crippen LogP contribution in [0.3, 0.4) is 0 Å². The molecule has 46 heavy (non-hydrogen) atoms. The van der Waals surface area contributed by atoms with Crippen molar-refractivity contribution in [3.05, 3.63) is 99.7 Å². The Kier molecular flexibility index (Phi) is 8.59. The summed E-state index contributed by atoms with van der Waals surface area (Å²) in [7, 11) is 1.71. The fourth-order valence-corrected chi connectivity index (χ4v) is 5.61. The summed E-state index contributed by atoms with van der Waals surface area (Å²) in [5.74, 6) is 0.517. The lowest BCUT2D eigenvalue weighted by Gasteiger charge is -2.39. The second-order valence-electron chi connectivity index (χ2n) is 11.2. The van der Waals surface area contributed by atoms with Gasteiger partial charge in [-0.3, -0.25) is 14.3 Å². The molecule has 1 aliphatic heterocycles. The SMILES string of the molecule is COC1CN(c2cc(-c3cnc(N)c(-c4ccc(NC(=O)c5c(C)n(CC(C)O)n(-c6cccc(Cl)c6)c5=O)cc4)n3)ccn2)C1. The number of amides is 1. The summed E-state index contributed by atoms with van der Waals surface area (Å²) in [5.41, 5.74) is 9.71. The number of carbonyl (C=O) groups is 1. The number of nitrogens with two attached hydrogens (primary N) is 1. The molecule has 2 aromatic carbocycles.